The number of piperazine rings is 1. The van der Waals surface area contributed by atoms with Crippen LogP contribution in [0, 0.1) is 11.3 Å². The minimum Gasteiger partial charge on any atom is -0.481 e. The van der Waals surface area contributed by atoms with Crippen molar-refractivity contribution in [3.8, 4) is 0 Å². The van der Waals surface area contributed by atoms with Crippen LogP contribution >= 0.6 is 24.8 Å². The van der Waals surface area contributed by atoms with Gasteiger partial charge in [-0.05, 0) is 43.0 Å². The molecule has 162 valence electrons. The lowest BCUT2D eigenvalue weighted by atomic mass is 9.94. The number of carbonyl (C=O) groups excluding carboxylic acids is 1. The summed E-state index contributed by atoms with van der Waals surface area (Å²) in [7, 11) is 0. The van der Waals surface area contributed by atoms with Crippen LogP contribution in [0.2, 0.25) is 0 Å². The molecule has 0 atom stereocenters. The Balaban J connectivity index is 0.00000210. The monoisotopic (exact) mass is 445 g/mol. The van der Waals surface area contributed by atoms with Gasteiger partial charge in [-0.2, -0.15) is 0 Å². The second kappa shape index (κ2) is 11.1. The molecule has 10 heteroatoms. The molecule has 8 nitrogen and oxygen atoms in total. The van der Waals surface area contributed by atoms with Crippen molar-refractivity contribution >= 4 is 48.3 Å². The van der Waals surface area contributed by atoms with E-state index in [1.54, 1.807) is 0 Å². The van der Waals surface area contributed by atoms with Crippen LogP contribution in [0.25, 0.3) is 0 Å². The average molecular weight is 446 g/mol. The number of nitrogens with zero attached hydrogens (tertiary/aromatic N) is 3. The molecule has 2 aliphatic heterocycles. The number of amidine groups is 1. The molecule has 2 heterocycles. The molecule has 0 spiro atoms. The molecule has 0 saturated carbocycles. The molecule has 0 radical (unpaired) electrons. The third-order valence-electron chi connectivity index (χ3n) is 5.44. The van der Waals surface area contributed by atoms with Gasteiger partial charge in [0, 0.05) is 56.9 Å². The van der Waals surface area contributed by atoms with Crippen LogP contribution in [0.4, 0.5) is 10.5 Å². The Hall–Kier alpha value is -2.19. The Morgan fingerprint density at radius 2 is 1.48 bits per heavy atom. The summed E-state index contributed by atoms with van der Waals surface area (Å²) in [5, 5.41) is 16.3. The number of nitrogens with one attached hydrogen (secondary N) is 1. The van der Waals surface area contributed by atoms with Gasteiger partial charge >= 0.3 is 12.0 Å². The number of aliphatic carboxylic acids is 1. The van der Waals surface area contributed by atoms with E-state index in [2.05, 4.69) is 4.90 Å². The minimum absolute atomic E-state index is 0. The molecule has 2 amide bonds. The molecule has 0 bridgehead atoms. The molecule has 4 N–H and O–H groups in total. The SMILES string of the molecule is Cl.Cl.N=C(N)c1ccc(N2CCN(C(=O)N3CCC(CC(=O)O)CC3)CC2)cc1. The quantitative estimate of drug-likeness (QED) is 0.485. The number of benzene rings is 1. The lowest BCUT2D eigenvalue weighted by molar-refractivity contribution is -0.138. The smallest absolute Gasteiger partial charge is 0.320 e. The average Bonchev–Trinajstić information content (AvgIpc) is 2.68. The third kappa shape index (κ3) is 6.40. The number of nitrogen functional groups attached to an aromatic ring is 1. The number of amides is 2. The van der Waals surface area contributed by atoms with Gasteiger partial charge in [0.2, 0.25) is 0 Å². The number of piperidine rings is 1. The molecule has 0 aromatic heterocycles. The standard InChI is InChI=1S/C19H27N5O3.2ClH/c20-18(21)15-1-3-16(4-2-15)22-9-11-24(12-10-22)19(27)23-7-5-14(6-8-23)13-17(25)26;;/h1-4,14H,5-13H2,(H3,20,21)(H,25,26);2*1H. The molecule has 2 aliphatic rings. The van der Waals surface area contributed by atoms with Crippen LogP contribution in [0.15, 0.2) is 24.3 Å². The normalized spacial score (nSPS) is 17.2. The number of hydrogen-bond acceptors (Lipinski definition) is 4. The summed E-state index contributed by atoms with van der Waals surface area (Å²) in [5.74, 6) is -0.516. The van der Waals surface area contributed by atoms with Crippen LogP contribution in [0.1, 0.15) is 24.8 Å². The molecule has 2 fully saturated rings. The van der Waals surface area contributed by atoms with Crippen molar-refractivity contribution in [2.75, 3.05) is 44.2 Å². The van der Waals surface area contributed by atoms with E-state index < -0.39 is 5.97 Å². The number of halogens is 2. The maximum atomic E-state index is 12.7. The molecule has 0 unspecified atom stereocenters. The van der Waals surface area contributed by atoms with Crippen LogP contribution in [0.3, 0.4) is 0 Å². The fourth-order valence-corrected chi connectivity index (χ4v) is 3.78. The Morgan fingerprint density at radius 1 is 0.966 bits per heavy atom. The van der Waals surface area contributed by atoms with Gasteiger partial charge in [-0.15, -0.1) is 24.8 Å². The highest BCUT2D eigenvalue weighted by Crippen LogP contribution is 2.22. The number of likely N-dealkylation sites (tertiary alicyclic amines) is 1. The first-order chi connectivity index (χ1) is 12.9. The first-order valence-corrected chi connectivity index (χ1v) is 9.39. The zero-order valence-corrected chi connectivity index (χ0v) is 17.9. The highest BCUT2D eigenvalue weighted by Gasteiger charge is 2.29. The maximum absolute atomic E-state index is 12.7. The second-order valence-electron chi connectivity index (χ2n) is 7.25. The van der Waals surface area contributed by atoms with Crippen molar-refractivity contribution in [3.63, 3.8) is 0 Å². The number of urea groups is 1. The zero-order valence-electron chi connectivity index (χ0n) is 16.2. The Kier molecular flexibility index (Phi) is 9.52. The number of carbonyl (C=O) groups is 2. The van der Waals surface area contributed by atoms with Gasteiger partial charge in [-0.1, -0.05) is 0 Å². The summed E-state index contributed by atoms with van der Waals surface area (Å²) in [6.45, 7) is 4.15. The minimum atomic E-state index is -0.757. The van der Waals surface area contributed by atoms with E-state index in [1.165, 1.54) is 0 Å². The molecule has 29 heavy (non-hydrogen) atoms. The largest absolute Gasteiger partial charge is 0.481 e. The molecular weight excluding hydrogens is 417 g/mol. The van der Waals surface area contributed by atoms with E-state index >= 15 is 0 Å². The fraction of sp³-hybridized carbons (Fsp3) is 0.526. The lowest BCUT2D eigenvalue weighted by Crippen LogP contribution is -2.54. The van der Waals surface area contributed by atoms with Crippen molar-refractivity contribution in [1.82, 2.24) is 9.80 Å². The maximum Gasteiger partial charge on any atom is 0.320 e. The Morgan fingerprint density at radius 3 is 1.97 bits per heavy atom. The van der Waals surface area contributed by atoms with E-state index in [9.17, 15) is 9.59 Å². The first kappa shape index (κ1) is 24.8. The molecule has 1 aromatic rings. The number of anilines is 1. The molecule has 0 aliphatic carbocycles. The first-order valence-electron chi connectivity index (χ1n) is 9.39. The van der Waals surface area contributed by atoms with Crippen molar-refractivity contribution in [2.45, 2.75) is 19.3 Å². The summed E-state index contributed by atoms with van der Waals surface area (Å²) in [6, 6.07) is 7.67. The molecule has 2 saturated heterocycles. The van der Waals surface area contributed by atoms with Crippen molar-refractivity contribution in [1.29, 1.82) is 5.41 Å². The van der Waals surface area contributed by atoms with E-state index in [0.29, 0.717) is 31.7 Å². The topological polar surface area (TPSA) is 114 Å². The Bertz CT molecular complexity index is 700. The van der Waals surface area contributed by atoms with Gasteiger partial charge in [0.05, 0.1) is 0 Å². The molecule has 1 aromatic carbocycles. The van der Waals surface area contributed by atoms with Gasteiger partial charge in [-0.3, -0.25) is 10.2 Å². The number of nitrogens with two attached hydrogens (primary N) is 1. The zero-order chi connectivity index (χ0) is 19.4. The predicted molar refractivity (Wildman–Crippen MR) is 118 cm³/mol. The summed E-state index contributed by atoms with van der Waals surface area (Å²) >= 11 is 0. The van der Waals surface area contributed by atoms with E-state index in [-0.39, 0.29) is 49.0 Å². The van der Waals surface area contributed by atoms with Crippen molar-refractivity contribution < 1.29 is 14.7 Å². The van der Waals surface area contributed by atoms with Crippen molar-refractivity contribution in [2.24, 2.45) is 11.7 Å². The van der Waals surface area contributed by atoms with Crippen LogP contribution in [0.5, 0.6) is 0 Å². The van der Waals surface area contributed by atoms with Crippen LogP contribution in [-0.4, -0.2) is 72.0 Å². The predicted octanol–water partition coefficient (Wildman–Crippen LogP) is 2.24. The Labute approximate surface area is 183 Å². The molecular formula is C19H29Cl2N5O3. The van der Waals surface area contributed by atoms with Gasteiger partial charge in [0.1, 0.15) is 5.84 Å². The summed E-state index contributed by atoms with van der Waals surface area (Å²) < 4.78 is 0. The second-order valence-corrected chi connectivity index (χ2v) is 7.25. The number of carboxylic acids is 1. The van der Waals surface area contributed by atoms with Crippen LogP contribution in [-0.2, 0) is 4.79 Å². The number of rotatable bonds is 4. The van der Waals surface area contributed by atoms with Gasteiger partial charge in [-0.25, -0.2) is 4.79 Å². The van der Waals surface area contributed by atoms with Gasteiger partial charge < -0.3 is 25.5 Å². The van der Waals surface area contributed by atoms with Gasteiger partial charge in [0.15, 0.2) is 0 Å². The fourth-order valence-electron chi connectivity index (χ4n) is 3.78. The summed E-state index contributed by atoms with van der Waals surface area (Å²) in [5.41, 5.74) is 7.27. The van der Waals surface area contributed by atoms with E-state index in [1.807, 2.05) is 34.1 Å². The van der Waals surface area contributed by atoms with Gasteiger partial charge in [0.25, 0.3) is 0 Å². The summed E-state index contributed by atoms with van der Waals surface area (Å²) in [4.78, 5) is 29.5. The lowest BCUT2D eigenvalue weighted by Gasteiger charge is -2.40. The van der Waals surface area contributed by atoms with E-state index in [4.69, 9.17) is 16.2 Å². The summed E-state index contributed by atoms with van der Waals surface area (Å²) in [6.07, 6.45) is 1.73. The number of carboxylic acid groups (broad SMARTS) is 1. The van der Waals surface area contributed by atoms with Crippen molar-refractivity contribution in [3.05, 3.63) is 29.8 Å². The number of hydrogen-bond donors (Lipinski definition) is 3. The highest BCUT2D eigenvalue weighted by atomic mass is 35.5. The molecule has 3 rings (SSSR count). The van der Waals surface area contributed by atoms with E-state index in [0.717, 1.165) is 31.6 Å². The third-order valence-corrected chi connectivity index (χ3v) is 5.44. The highest BCUT2D eigenvalue weighted by molar-refractivity contribution is 5.95. The van der Waals surface area contributed by atoms with Crippen LogP contribution < -0.4 is 10.6 Å².